The second-order valence-corrected chi connectivity index (χ2v) is 8.45. The van der Waals surface area contributed by atoms with E-state index in [9.17, 15) is 13.2 Å². The van der Waals surface area contributed by atoms with Gasteiger partial charge >= 0.3 is 0 Å². The summed E-state index contributed by atoms with van der Waals surface area (Å²) in [7, 11) is -1.86. The lowest BCUT2D eigenvalue weighted by Crippen LogP contribution is -2.42. The van der Waals surface area contributed by atoms with E-state index in [1.54, 1.807) is 18.2 Å². The molecule has 0 unspecified atom stereocenters. The highest BCUT2D eigenvalue weighted by Gasteiger charge is 2.31. The van der Waals surface area contributed by atoms with E-state index in [0.29, 0.717) is 41.7 Å². The lowest BCUT2D eigenvalue weighted by Gasteiger charge is -2.30. The van der Waals surface area contributed by atoms with Gasteiger partial charge in [0.2, 0.25) is 15.9 Å². The third-order valence-electron chi connectivity index (χ3n) is 3.97. The Hall–Kier alpha value is -0.860. The smallest absolute Gasteiger partial charge is 0.227 e. The number of benzene rings is 1. The van der Waals surface area contributed by atoms with Gasteiger partial charge in [0.05, 0.1) is 28.1 Å². The molecule has 1 heterocycles. The van der Waals surface area contributed by atoms with Crippen LogP contribution < -0.4 is 5.32 Å². The van der Waals surface area contributed by atoms with Crippen LogP contribution in [-0.2, 0) is 19.6 Å². The average Bonchev–Trinajstić information content (AvgIpc) is 2.57. The van der Waals surface area contributed by atoms with Crippen molar-refractivity contribution in [2.75, 3.05) is 37.9 Å². The van der Waals surface area contributed by atoms with E-state index in [-0.39, 0.29) is 24.2 Å². The summed E-state index contributed by atoms with van der Waals surface area (Å²) >= 11 is 12.0. The lowest BCUT2D eigenvalue weighted by atomic mass is 9.97. The second-order valence-electron chi connectivity index (χ2n) is 5.57. The number of piperidine rings is 1. The van der Waals surface area contributed by atoms with Crippen LogP contribution in [-0.4, -0.2) is 51.2 Å². The molecule has 1 aliphatic rings. The molecule has 0 atom stereocenters. The Labute approximate surface area is 152 Å². The largest absolute Gasteiger partial charge is 0.384 e. The van der Waals surface area contributed by atoms with Crippen molar-refractivity contribution in [3.05, 3.63) is 28.2 Å². The number of sulfonamides is 1. The van der Waals surface area contributed by atoms with Crippen LogP contribution in [0.25, 0.3) is 0 Å². The predicted molar refractivity (Wildman–Crippen MR) is 95.1 cm³/mol. The minimum atomic E-state index is -3.33. The molecule has 1 N–H and O–H groups in total. The van der Waals surface area contributed by atoms with Gasteiger partial charge in [-0.15, -0.1) is 0 Å². The molecule has 6 nitrogen and oxygen atoms in total. The molecule has 0 spiro atoms. The fraction of sp³-hybridized carbons (Fsp3) is 0.533. The van der Waals surface area contributed by atoms with Crippen LogP contribution in [0.5, 0.6) is 0 Å². The maximum absolute atomic E-state index is 12.4. The van der Waals surface area contributed by atoms with E-state index < -0.39 is 10.0 Å². The Morgan fingerprint density at radius 3 is 2.62 bits per heavy atom. The van der Waals surface area contributed by atoms with Crippen LogP contribution >= 0.6 is 23.2 Å². The van der Waals surface area contributed by atoms with Crippen molar-refractivity contribution in [1.82, 2.24) is 4.31 Å². The highest BCUT2D eigenvalue weighted by molar-refractivity contribution is 7.89. The highest BCUT2D eigenvalue weighted by Crippen LogP contribution is 2.30. The maximum Gasteiger partial charge on any atom is 0.227 e. The molecule has 2 rings (SSSR count). The first-order valence-corrected chi connectivity index (χ1v) is 9.93. The van der Waals surface area contributed by atoms with Gasteiger partial charge in [-0.1, -0.05) is 29.3 Å². The molecule has 0 aromatic heterocycles. The van der Waals surface area contributed by atoms with E-state index in [0.717, 1.165) is 0 Å². The molecule has 9 heteroatoms. The number of hydrogen-bond acceptors (Lipinski definition) is 4. The summed E-state index contributed by atoms with van der Waals surface area (Å²) in [6.07, 6.45) is 0.937. The number of methoxy groups -OCH3 is 1. The number of amides is 1. The maximum atomic E-state index is 12.4. The van der Waals surface area contributed by atoms with E-state index in [1.807, 2.05) is 0 Å². The Balaban J connectivity index is 1.92. The summed E-state index contributed by atoms with van der Waals surface area (Å²) in [5.41, 5.74) is 0.462. The third kappa shape index (κ3) is 4.83. The van der Waals surface area contributed by atoms with Crippen LogP contribution in [0.4, 0.5) is 5.69 Å². The number of rotatable bonds is 6. The Kier molecular flexibility index (Phi) is 6.88. The molecule has 1 amide bonds. The molecule has 0 bridgehead atoms. The van der Waals surface area contributed by atoms with Crippen molar-refractivity contribution in [3.63, 3.8) is 0 Å². The zero-order valence-electron chi connectivity index (χ0n) is 13.3. The number of halogens is 2. The fourth-order valence-corrected chi connectivity index (χ4v) is 4.30. The van der Waals surface area contributed by atoms with Gasteiger partial charge < -0.3 is 10.1 Å². The molecule has 0 saturated carbocycles. The van der Waals surface area contributed by atoms with Gasteiger partial charge in [-0.25, -0.2) is 12.7 Å². The first-order chi connectivity index (χ1) is 11.3. The molecule has 1 aromatic carbocycles. The molecule has 24 heavy (non-hydrogen) atoms. The van der Waals surface area contributed by atoms with E-state index in [2.05, 4.69) is 5.32 Å². The normalized spacial score (nSPS) is 17.0. The summed E-state index contributed by atoms with van der Waals surface area (Å²) in [4.78, 5) is 12.4. The van der Waals surface area contributed by atoms with Crippen molar-refractivity contribution >= 4 is 44.8 Å². The topological polar surface area (TPSA) is 75.7 Å². The van der Waals surface area contributed by atoms with Gasteiger partial charge in [0.25, 0.3) is 0 Å². The standard InChI is InChI=1S/C15H20Cl2N2O4S/c1-23-9-10-24(21,22)19-7-5-11(6-8-19)15(20)18-13-4-2-3-12(16)14(13)17/h2-4,11H,5-10H2,1H3,(H,18,20). The number of nitrogens with one attached hydrogen (secondary N) is 1. The highest BCUT2D eigenvalue weighted by atomic mass is 35.5. The average molecular weight is 395 g/mol. The quantitative estimate of drug-likeness (QED) is 0.804. The number of nitrogens with zero attached hydrogens (tertiary/aromatic N) is 1. The molecule has 1 fully saturated rings. The summed E-state index contributed by atoms with van der Waals surface area (Å²) in [6.45, 7) is 0.816. The van der Waals surface area contributed by atoms with Gasteiger partial charge in [-0.3, -0.25) is 4.79 Å². The summed E-state index contributed by atoms with van der Waals surface area (Å²) < 4.78 is 30.5. The monoisotopic (exact) mass is 394 g/mol. The molecule has 1 saturated heterocycles. The van der Waals surface area contributed by atoms with E-state index in [1.165, 1.54) is 11.4 Å². The zero-order valence-corrected chi connectivity index (χ0v) is 15.6. The minimum absolute atomic E-state index is 0.0432. The minimum Gasteiger partial charge on any atom is -0.384 e. The Morgan fingerprint density at radius 1 is 1.33 bits per heavy atom. The van der Waals surface area contributed by atoms with Crippen LogP contribution in [0.15, 0.2) is 18.2 Å². The van der Waals surface area contributed by atoms with Crippen LogP contribution in [0.3, 0.4) is 0 Å². The zero-order chi connectivity index (χ0) is 17.7. The van der Waals surface area contributed by atoms with Crippen molar-refractivity contribution in [2.24, 2.45) is 5.92 Å². The summed E-state index contributed by atoms with van der Waals surface area (Å²) in [6, 6.07) is 5.02. The molecule has 0 aliphatic carbocycles. The van der Waals surface area contributed by atoms with Crippen molar-refractivity contribution in [3.8, 4) is 0 Å². The van der Waals surface area contributed by atoms with Crippen LogP contribution in [0.1, 0.15) is 12.8 Å². The van der Waals surface area contributed by atoms with Gasteiger partial charge in [0, 0.05) is 26.1 Å². The Morgan fingerprint density at radius 2 is 2.00 bits per heavy atom. The molecule has 134 valence electrons. The van der Waals surface area contributed by atoms with Gasteiger partial charge in [-0.05, 0) is 25.0 Å². The molecular weight excluding hydrogens is 375 g/mol. The summed E-state index contributed by atoms with van der Waals surface area (Å²) in [5.74, 6) is -0.472. The van der Waals surface area contributed by atoms with Crippen molar-refractivity contribution < 1.29 is 17.9 Å². The third-order valence-corrected chi connectivity index (χ3v) is 6.63. The van der Waals surface area contributed by atoms with Crippen molar-refractivity contribution in [1.29, 1.82) is 0 Å². The summed E-state index contributed by atoms with van der Waals surface area (Å²) in [5, 5.41) is 3.43. The van der Waals surface area contributed by atoms with E-state index >= 15 is 0 Å². The first kappa shape index (κ1) is 19.5. The molecule has 1 aliphatic heterocycles. The number of hydrogen-bond donors (Lipinski definition) is 1. The van der Waals surface area contributed by atoms with Crippen molar-refractivity contribution in [2.45, 2.75) is 12.8 Å². The molecule has 0 radical (unpaired) electrons. The number of ether oxygens (including phenoxy) is 1. The van der Waals surface area contributed by atoms with Gasteiger partial charge in [0.15, 0.2) is 0 Å². The fourth-order valence-electron chi connectivity index (χ4n) is 2.55. The van der Waals surface area contributed by atoms with Gasteiger partial charge in [-0.2, -0.15) is 0 Å². The van der Waals surface area contributed by atoms with Crippen LogP contribution in [0.2, 0.25) is 10.0 Å². The predicted octanol–water partition coefficient (Wildman–Crippen LogP) is 2.62. The SMILES string of the molecule is COCCS(=O)(=O)N1CCC(C(=O)Nc2cccc(Cl)c2Cl)CC1. The number of anilines is 1. The lowest BCUT2D eigenvalue weighted by molar-refractivity contribution is -0.120. The molecule has 1 aromatic rings. The van der Waals surface area contributed by atoms with E-state index in [4.69, 9.17) is 27.9 Å². The molecular formula is C15H20Cl2N2O4S. The second kappa shape index (κ2) is 8.49. The Bertz CT molecular complexity index is 689. The first-order valence-electron chi connectivity index (χ1n) is 7.57. The number of carbonyl (C=O) groups excluding carboxylic acids is 1. The number of carbonyl (C=O) groups is 1. The van der Waals surface area contributed by atoms with Gasteiger partial charge in [0.1, 0.15) is 0 Å². The van der Waals surface area contributed by atoms with Crippen LogP contribution in [0, 0.1) is 5.92 Å².